The van der Waals surface area contributed by atoms with E-state index in [1.807, 2.05) is 0 Å². The zero-order valence-electron chi connectivity index (χ0n) is 7.54. The van der Waals surface area contributed by atoms with Crippen LogP contribution in [0.25, 0.3) is 0 Å². The molecule has 0 saturated heterocycles. The number of carbonyl (C=O) groups excluding carboxylic acids is 1. The average molecular weight is 193 g/mol. The van der Waals surface area contributed by atoms with E-state index in [1.54, 1.807) is 12.1 Å². The van der Waals surface area contributed by atoms with Crippen molar-refractivity contribution in [1.29, 1.82) is 0 Å². The Balaban J connectivity index is 2.51. The molecule has 0 unspecified atom stereocenters. The SMILES string of the molecule is NC(=O)c1cc(N)c2c(c1)OCCN2. The Kier molecular flexibility index (Phi) is 1.92. The fraction of sp³-hybridized carbons (Fsp3) is 0.222. The highest BCUT2D eigenvalue weighted by molar-refractivity contribution is 5.96. The molecule has 74 valence electrons. The molecular formula is C9H11N3O2. The summed E-state index contributed by atoms with van der Waals surface area (Å²) < 4.78 is 5.34. The molecule has 1 amide bonds. The first-order valence-corrected chi connectivity index (χ1v) is 4.28. The molecule has 5 heteroatoms. The molecule has 5 nitrogen and oxygen atoms in total. The molecule has 0 fully saturated rings. The topological polar surface area (TPSA) is 90.4 Å². The standard InChI is InChI=1S/C9H11N3O2/c10-6-3-5(9(11)13)4-7-8(6)12-1-2-14-7/h3-4,12H,1-2,10H2,(H2,11,13). The van der Waals surface area contributed by atoms with E-state index in [1.165, 1.54) is 0 Å². The van der Waals surface area contributed by atoms with Gasteiger partial charge in [-0.3, -0.25) is 4.79 Å². The molecule has 1 aromatic carbocycles. The Labute approximate surface area is 81.0 Å². The Hall–Kier alpha value is -1.91. The van der Waals surface area contributed by atoms with E-state index < -0.39 is 5.91 Å². The number of hydrogen-bond acceptors (Lipinski definition) is 4. The maximum atomic E-state index is 10.9. The van der Waals surface area contributed by atoms with Gasteiger partial charge in [0.2, 0.25) is 5.91 Å². The second kappa shape index (κ2) is 3.10. The predicted octanol–water partition coefficient (Wildman–Crippen LogP) is 0.172. The van der Waals surface area contributed by atoms with Gasteiger partial charge in [-0.05, 0) is 12.1 Å². The Morgan fingerprint density at radius 1 is 1.50 bits per heavy atom. The van der Waals surface area contributed by atoms with Gasteiger partial charge in [-0.2, -0.15) is 0 Å². The summed E-state index contributed by atoms with van der Waals surface area (Å²) in [4.78, 5) is 10.9. The first kappa shape index (κ1) is 8.68. The zero-order valence-corrected chi connectivity index (χ0v) is 7.54. The van der Waals surface area contributed by atoms with Gasteiger partial charge in [0.05, 0.1) is 5.69 Å². The number of ether oxygens (including phenoxy) is 1. The van der Waals surface area contributed by atoms with Crippen LogP contribution < -0.4 is 21.5 Å². The fourth-order valence-electron chi connectivity index (χ4n) is 1.42. The molecule has 1 aliphatic heterocycles. The van der Waals surface area contributed by atoms with E-state index in [0.29, 0.717) is 30.2 Å². The zero-order chi connectivity index (χ0) is 10.1. The van der Waals surface area contributed by atoms with Crippen molar-refractivity contribution in [3.63, 3.8) is 0 Å². The van der Waals surface area contributed by atoms with Gasteiger partial charge in [-0.1, -0.05) is 0 Å². The van der Waals surface area contributed by atoms with E-state index in [0.717, 1.165) is 5.69 Å². The number of carbonyl (C=O) groups is 1. The van der Waals surface area contributed by atoms with Crippen molar-refractivity contribution in [3.05, 3.63) is 17.7 Å². The molecule has 5 N–H and O–H groups in total. The smallest absolute Gasteiger partial charge is 0.248 e. The molecule has 1 aliphatic rings. The molecule has 0 aliphatic carbocycles. The Bertz CT molecular complexity index is 390. The van der Waals surface area contributed by atoms with Crippen LogP contribution in [0.1, 0.15) is 10.4 Å². The number of hydrogen-bond donors (Lipinski definition) is 3. The molecule has 2 rings (SSSR count). The lowest BCUT2D eigenvalue weighted by atomic mass is 10.1. The van der Waals surface area contributed by atoms with Crippen molar-refractivity contribution in [3.8, 4) is 5.75 Å². The first-order chi connectivity index (χ1) is 6.68. The minimum Gasteiger partial charge on any atom is -0.489 e. The molecule has 0 atom stereocenters. The normalized spacial score (nSPS) is 13.7. The summed E-state index contributed by atoms with van der Waals surface area (Å²) >= 11 is 0. The number of fused-ring (bicyclic) bond motifs is 1. The minimum absolute atomic E-state index is 0.366. The van der Waals surface area contributed by atoms with Crippen molar-refractivity contribution < 1.29 is 9.53 Å². The van der Waals surface area contributed by atoms with Gasteiger partial charge >= 0.3 is 0 Å². The molecule has 0 bridgehead atoms. The molecular weight excluding hydrogens is 182 g/mol. The predicted molar refractivity (Wildman–Crippen MR) is 53.4 cm³/mol. The van der Waals surface area contributed by atoms with Crippen LogP contribution in [0.2, 0.25) is 0 Å². The van der Waals surface area contributed by atoms with Gasteiger partial charge in [-0.15, -0.1) is 0 Å². The van der Waals surface area contributed by atoms with Crippen LogP contribution in [-0.2, 0) is 0 Å². The number of rotatable bonds is 1. The molecule has 0 aromatic heterocycles. The van der Waals surface area contributed by atoms with Gasteiger partial charge < -0.3 is 21.5 Å². The van der Waals surface area contributed by atoms with E-state index in [4.69, 9.17) is 16.2 Å². The summed E-state index contributed by atoms with van der Waals surface area (Å²) in [5.74, 6) is 0.0822. The maximum absolute atomic E-state index is 10.9. The summed E-state index contributed by atoms with van der Waals surface area (Å²) in [6, 6.07) is 3.14. The van der Waals surface area contributed by atoms with E-state index in [2.05, 4.69) is 5.32 Å². The monoisotopic (exact) mass is 193 g/mol. The highest BCUT2D eigenvalue weighted by Gasteiger charge is 2.15. The number of nitrogens with one attached hydrogen (secondary N) is 1. The van der Waals surface area contributed by atoms with Crippen LogP contribution in [0.15, 0.2) is 12.1 Å². The number of nitrogens with two attached hydrogens (primary N) is 2. The first-order valence-electron chi connectivity index (χ1n) is 4.28. The third-order valence-electron chi connectivity index (χ3n) is 2.08. The van der Waals surface area contributed by atoms with E-state index in [9.17, 15) is 4.79 Å². The van der Waals surface area contributed by atoms with Crippen molar-refractivity contribution in [2.24, 2.45) is 5.73 Å². The number of anilines is 2. The van der Waals surface area contributed by atoms with Crippen LogP contribution in [0.4, 0.5) is 11.4 Å². The number of primary amides is 1. The van der Waals surface area contributed by atoms with Crippen molar-refractivity contribution in [2.75, 3.05) is 24.2 Å². The van der Waals surface area contributed by atoms with Crippen LogP contribution in [0.3, 0.4) is 0 Å². The highest BCUT2D eigenvalue weighted by atomic mass is 16.5. The Morgan fingerprint density at radius 2 is 2.29 bits per heavy atom. The molecule has 14 heavy (non-hydrogen) atoms. The number of amides is 1. The lowest BCUT2D eigenvalue weighted by Gasteiger charge is -2.21. The van der Waals surface area contributed by atoms with Gasteiger partial charge in [0.25, 0.3) is 0 Å². The molecule has 0 spiro atoms. The van der Waals surface area contributed by atoms with Crippen molar-refractivity contribution in [2.45, 2.75) is 0 Å². The van der Waals surface area contributed by atoms with Gasteiger partial charge in [0.1, 0.15) is 18.0 Å². The van der Waals surface area contributed by atoms with E-state index >= 15 is 0 Å². The highest BCUT2D eigenvalue weighted by Crippen LogP contribution is 2.34. The van der Waals surface area contributed by atoms with Gasteiger partial charge in [0.15, 0.2) is 0 Å². The fourth-order valence-corrected chi connectivity index (χ4v) is 1.42. The summed E-state index contributed by atoms with van der Waals surface area (Å²) in [5.41, 5.74) is 12.5. The van der Waals surface area contributed by atoms with Crippen LogP contribution in [-0.4, -0.2) is 19.1 Å². The van der Waals surface area contributed by atoms with Crippen molar-refractivity contribution in [1.82, 2.24) is 0 Å². The summed E-state index contributed by atoms with van der Waals surface area (Å²) in [7, 11) is 0. The quantitative estimate of drug-likeness (QED) is 0.554. The Morgan fingerprint density at radius 3 is 3.00 bits per heavy atom. The van der Waals surface area contributed by atoms with Gasteiger partial charge in [-0.25, -0.2) is 0 Å². The minimum atomic E-state index is -0.506. The molecule has 0 radical (unpaired) electrons. The largest absolute Gasteiger partial charge is 0.489 e. The number of nitrogen functional groups attached to an aromatic ring is 1. The van der Waals surface area contributed by atoms with Gasteiger partial charge in [0, 0.05) is 12.1 Å². The average Bonchev–Trinajstić information content (AvgIpc) is 2.17. The second-order valence-electron chi connectivity index (χ2n) is 3.08. The van der Waals surface area contributed by atoms with Crippen LogP contribution in [0, 0.1) is 0 Å². The third-order valence-corrected chi connectivity index (χ3v) is 2.08. The van der Waals surface area contributed by atoms with Crippen LogP contribution in [0.5, 0.6) is 5.75 Å². The third kappa shape index (κ3) is 1.32. The lowest BCUT2D eigenvalue weighted by molar-refractivity contribution is 0.1000. The molecule has 0 saturated carbocycles. The van der Waals surface area contributed by atoms with E-state index in [-0.39, 0.29) is 0 Å². The maximum Gasteiger partial charge on any atom is 0.248 e. The molecule has 1 heterocycles. The summed E-state index contributed by atoms with van der Waals surface area (Å²) in [5, 5.41) is 3.09. The summed E-state index contributed by atoms with van der Waals surface area (Å²) in [6.07, 6.45) is 0. The lowest BCUT2D eigenvalue weighted by Crippen LogP contribution is -2.20. The number of benzene rings is 1. The molecule has 1 aromatic rings. The van der Waals surface area contributed by atoms with Crippen LogP contribution >= 0.6 is 0 Å². The van der Waals surface area contributed by atoms with Crippen molar-refractivity contribution >= 4 is 17.3 Å². The summed E-state index contributed by atoms with van der Waals surface area (Å²) in [6.45, 7) is 1.28. The second-order valence-corrected chi connectivity index (χ2v) is 3.08.